The SMILES string of the molecule is CCCN1CCN(c2nc(C(=O)OC)c(C(C)=O)s2)CC1. The third kappa shape index (κ3) is 3.59. The van der Waals surface area contributed by atoms with Crippen LogP contribution in [-0.4, -0.2) is 61.5 Å². The predicted molar refractivity (Wildman–Crippen MR) is 82.4 cm³/mol. The molecule has 0 aromatic carbocycles. The van der Waals surface area contributed by atoms with Crippen LogP contribution in [0.4, 0.5) is 5.13 Å². The van der Waals surface area contributed by atoms with Gasteiger partial charge in [0, 0.05) is 33.1 Å². The molecule has 0 N–H and O–H groups in total. The summed E-state index contributed by atoms with van der Waals surface area (Å²) in [5.74, 6) is -0.698. The fraction of sp³-hybridized carbons (Fsp3) is 0.643. The van der Waals surface area contributed by atoms with Gasteiger partial charge in [-0.25, -0.2) is 9.78 Å². The van der Waals surface area contributed by atoms with Crippen molar-refractivity contribution in [2.45, 2.75) is 20.3 Å². The second-order valence-corrected chi connectivity index (χ2v) is 6.03. The minimum Gasteiger partial charge on any atom is -0.464 e. The zero-order valence-electron chi connectivity index (χ0n) is 12.7. The number of ketones is 1. The summed E-state index contributed by atoms with van der Waals surface area (Å²) in [4.78, 5) is 32.6. The molecule has 0 unspecified atom stereocenters. The van der Waals surface area contributed by atoms with Gasteiger partial charge < -0.3 is 9.64 Å². The summed E-state index contributed by atoms with van der Waals surface area (Å²) in [6.45, 7) is 8.43. The number of ether oxygens (including phenoxy) is 1. The molecule has 0 bridgehead atoms. The smallest absolute Gasteiger partial charge is 0.358 e. The molecule has 1 aliphatic rings. The van der Waals surface area contributed by atoms with Crippen LogP contribution >= 0.6 is 11.3 Å². The van der Waals surface area contributed by atoms with Gasteiger partial charge in [0.2, 0.25) is 0 Å². The van der Waals surface area contributed by atoms with Crippen LogP contribution in [0.25, 0.3) is 0 Å². The molecule has 116 valence electrons. The number of hydrogen-bond donors (Lipinski definition) is 0. The topological polar surface area (TPSA) is 62.7 Å². The Hall–Kier alpha value is -1.47. The number of nitrogens with zero attached hydrogens (tertiary/aromatic N) is 3. The van der Waals surface area contributed by atoms with Crippen molar-refractivity contribution < 1.29 is 14.3 Å². The van der Waals surface area contributed by atoms with Crippen LogP contribution in [0.2, 0.25) is 0 Å². The van der Waals surface area contributed by atoms with E-state index in [-0.39, 0.29) is 11.5 Å². The summed E-state index contributed by atoms with van der Waals surface area (Å²) in [5.41, 5.74) is 0.140. The number of thiazole rings is 1. The lowest BCUT2D eigenvalue weighted by atomic mass is 10.3. The van der Waals surface area contributed by atoms with Crippen LogP contribution in [0.3, 0.4) is 0 Å². The zero-order chi connectivity index (χ0) is 15.4. The predicted octanol–water partition coefficient (Wildman–Crippen LogP) is 1.66. The lowest BCUT2D eigenvalue weighted by molar-refractivity contribution is 0.0591. The number of carbonyl (C=O) groups is 2. The molecule has 21 heavy (non-hydrogen) atoms. The van der Waals surface area contributed by atoms with Crippen molar-refractivity contribution in [1.82, 2.24) is 9.88 Å². The molecule has 6 nitrogen and oxygen atoms in total. The number of hydrogen-bond acceptors (Lipinski definition) is 7. The molecule has 0 saturated carbocycles. The molecule has 0 radical (unpaired) electrons. The van der Waals surface area contributed by atoms with Gasteiger partial charge in [0.15, 0.2) is 16.6 Å². The first kappa shape index (κ1) is 15.9. The Labute approximate surface area is 128 Å². The second kappa shape index (κ2) is 7.00. The standard InChI is InChI=1S/C14H21N3O3S/c1-4-5-16-6-8-17(9-7-16)14-15-11(13(19)20-3)12(21-14)10(2)18/h4-9H2,1-3H3. The first-order valence-electron chi connectivity index (χ1n) is 7.14. The summed E-state index contributed by atoms with van der Waals surface area (Å²) in [5, 5.41) is 0.733. The molecule has 1 aromatic rings. The molecule has 2 heterocycles. The van der Waals surface area contributed by atoms with Gasteiger partial charge in [-0.05, 0) is 13.0 Å². The van der Waals surface area contributed by atoms with E-state index >= 15 is 0 Å². The van der Waals surface area contributed by atoms with Crippen LogP contribution < -0.4 is 4.90 Å². The first-order valence-corrected chi connectivity index (χ1v) is 7.95. The lowest BCUT2D eigenvalue weighted by Crippen LogP contribution is -2.46. The Bertz CT molecular complexity index is 522. The molecular weight excluding hydrogens is 290 g/mol. The van der Waals surface area contributed by atoms with Crippen molar-refractivity contribution in [2.24, 2.45) is 0 Å². The summed E-state index contributed by atoms with van der Waals surface area (Å²) >= 11 is 1.28. The number of piperazine rings is 1. The minimum atomic E-state index is -0.549. The number of rotatable bonds is 5. The third-order valence-electron chi connectivity index (χ3n) is 3.50. The molecular formula is C14H21N3O3S. The Morgan fingerprint density at radius 1 is 1.29 bits per heavy atom. The quantitative estimate of drug-likeness (QED) is 0.609. The van der Waals surface area contributed by atoms with Gasteiger partial charge in [-0.2, -0.15) is 0 Å². The molecule has 1 aromatic heterocycles. The fourth-order valence-electron chi connectivity index (χ4n) is 2.40. The fourth-order valence-corrected chi connectivity index (χ4v) is 3.40. The molecule has 0 aliphatic carbocycles. The number of methoxy groups -OCH3 is 1. The summed E-state index contributed by atoms with van der Waals surface area (Å²) in [6, 6.07) is 0. The lowest BCUT2D eigenvalue weighted by Gasteiger charge is -2.34. The zero-order valence-corrected chi connectivity index (χ0v) is 13.5. The van der Waals surface area contributed by atoms with Crippen LogP contribution in [-0.2, 0) is 4.74 Å². The third-order valence-corrected chi connectivity index (χ3v) is 4.71. The van der Waals surface area contributed by atoms with E-state index in [2.05, 4.69) is 21.7 Å². The Morgan fingerprint density at radius 2 is 1.95 bits per heavy atom. The van der Waals surface area contributed by atoms with Crippen molar-refractivity contribution in [1.29, 1.82) is 0 Å². The van der Waals surface area contributed by atoms with Crippen LogP contribution in [0, 0.1) is 0 Å². The Balaban J connectivity index is 2.14. The van der Waals surface area contributed by atoms with Gasteiger partial charge in [0.25, 0.3) is 0 Å². The molecule has 0 spiro atoms. The molecule has 7 heteroatoms. The summed E-state index contributed by atoms with van der Waals surface area (Å²) < 4.78 is 4.70. The van der Waals surface area contributed by atoms with E-state index in [1.54, 1.807) is 0 Å². The molecule has 0 amide bonds. The number of aromatic nitrogens is 1. The van der Waals surface area contributed by atoms with Crippen molar-refractivity contribution in [3.8, 4) is 0 Å². The van der Waals surface area contributed by atoms with Crippen LogP contribution in [0.1, 0.15) is 40.4 Å². The molecule has 1 fully saturated rings. The van der Waals surface area contributed by atoms with Gasteiger partial charge in [-0.1, -0.05) is 18.3 Å². The molecule has 0 atom stereocenters. The van der Waals surface area contributed by atoms with E-state index in [4.69, 9.17) is 4.74 Å². The minimum absolute atomic E-state index is 0.140. The normalized spacial score (nSPS) is 16.0. The maximum atomic E-state index is 11.7. The van der Waals surface area contributed by atoms with E-state index in [1.807, 2.05) is 0 Å². The maximum absolute atomic E-state index is 11.7. The summed E-state index contributed by atoms with van der Waals surface area (Å²) in [7, 11) is 1.30. The molecule has 1 aliphatic heterocycles. The van der Waals surface area contributed by atoms with Crippen LogP contribution in [0.5, 0.6) is 0 Å². The average Bonchev–Trinajstić information content (AvgIpc) is 2.93. The molecule has 1 saturated heterocycles. The van der Waals surface area contributed by atoms with Crippen molar-refractivity contribution in [3.05, 3.63) is 10.6 Å². The number of esters is 1. The van der Waals surface area contributed by atoms with Gasteiger partial charge in [0.1, 0.15) is 4.88 Å². The van der Waals surface area contributed by atoms with E-state index in [0.717, 1.165) is 44.3 Å². The van der Waals surface area contributed by atoms with E-state index in [9.17, 15) is 9.59 Å². The van der Waals surface area contributed by atoms with E-state index in [0.29, 0.717) is 4.88 Å². The van der Waals surface area contributed by atoms with E-state index in [1.165, 1.54) is 25.4 Å². The Kier molecular flexibility index (Phi) is 5.30. The summed E-state index contributed by atoms with van der Waals surface area (Å²) in [6.07, 6.45) is 1.15. The second-order valence-electron chi connectivity index (χ2n) is 5.05. The van der Waals surface area contributed by atoms with Crippen molar-refractivity contribution >= 4 is 28.2 Å². The van der Waals surface area contributed by atoms with Gasteiger partial charge >= 0.3 is 5.97 Å². The highest BCUT2D eigenvalue weighted by atomic mass is 32.1. The van der Waals surface area contributed by atoms with Crippen molar-refractivity contribution in [2.75, 3.05) is 44.7 Å². The van der Waals surface area contributed by atoms with Crippen molar-refractivity contribution in [3.63, 3.8) is 0 Å². The monoisotopic (exact) mass is 311 g/mol. The average molecular weight is 311 g/mol. The number of carbonyl (C=O) groups excluding carboxylic acids is 2. The Morgan fingerprint density at radius 3 is 2.48 bits per heavy atom. The largest absolute Gasteiger partial charge is 0.464 e. The van der Waals surface area contributed by atoms with E-state index < -0.39 is 5.97 Å². The van der Waals surface area contributed by atoms with Gasteiger partial charge in [-0.15, -0.1) is 0 Å². The first-order chi connectivity index (χ1) is 10.1. The molecule has 2 rings (SSSR count). The van der Waals surface area contributed by atoms with Gasteiger partial charge in [-0.3, -0.25) is 9.69 Å². The highest BCUT2D eigenvalue weighted by Crippen LogP contribution is 2.28. The highest BCUT2D eigenvalue weighted by molar-refractivity contribution is 7.17. The van der Waals surface area contributed by atoms with Gasteiger partial charge in [0.05, 0.1) is 7.11 Å². The number of anilines is 1. The maximum Gasteiger partial charge on any atom is 0.358 e. The van der Waals surface area contributed by atoms with Crippen LogP contribution in [0.15, 0.2) is 0 Å². The number of Topliss-reactive ketones (excluding diaryl/α,β-unsaturated/α-hetero) is 1. The highest BCUT2D eigenvalue weighted by Gasteiger charge is 2.26.